The van der Waals surface area contributed by atoms with Crippen molar-refractivity contribution in [1.29, 1.82) is 0 Å². The highest BCUT2D eigenvalue weighted by atomic mass is 79.9. The van der Waals surface area contributed by atoms with Gasteiger partial charge in [-0.3, -0.25) is 4.79 Å². The molecule has 0 saturated heterocycles. The maximum Gasteiger partial charge on any atom is 0.349 e. The van der Waals surface area contributed by atoms with Crippen LogP contribution in [0.3, 0.4) is 0 Å². The van der Waals surface area contributed by atoms with Gasteiger partial charge in [0.05, 0.1) is 12.8 Å². The van der Waals surface area contributed by atoms with Crippen LogP contribution in [0.1, 0.15) is 21.7 Å². The number of esters is 1. The summed E-state index contributed by atoms with van der Waals surface area (Å²) in [5.74, 6) is 0.0691. The summed E-state index contributed by atoms with van der Waals surface area (Å²) in [7, 11) is 0. The summed E-state index contributed by atoms with van der Waals surface area (Å²) in [6.45, 7) is 1.75. The molecule has 4 aromatic rings. The Hall–Kier alpha value is -3.85. The van der Waals surface area contributed by atoms with Crippen LogP contribution < -0.4 is 20.4 Å². The monoisotopic (exact) mass is 511 g/mol. The first kappa shape index (κ1) is 22.3. The molecule has 33 heavy (non-hydrogen) atoms. The van der Waals surface area contributed by atoms with E-state index in [1.807, 2.05) is 13.0 Å². The third kappa shape index (κ3) is 5.50. The largest absolute Gasteiger partial charge is 0.482 e. The number of nitrogens with one attached hydrogen (secondary N) is 1. The van der Waals surface area contributed by atoms with E-state index in [1.165, 1.54) is 24.5 Å². The smallest absolute Gasteiger partial charge is 0.349 e. The van der Waals surface area contributed by atoms with Gasteiger partial charge < -0.3 is 23.6 Å². The molecule has 0 atom stereocenters. The number of hydrogen-bond acceptors (Lipinski definition) is 7. The standard InChI is InChI=1S/C24H18BrNO7/c1-14-9-16(6-7-20(14)25)31-13-22(27)32-17-5-4-15-10-19(24(29)33-21(15)11-17)23(28)26-12-18-3-2-8-30-18/h2-11H,12-13H2,1H3,(H,26,28). The molecule has 0 spiro atoms. The zero-order valence-corrected chi connectivity index (χ0v) is 19.0. The predicted octanol–water partition coefficient (Wildman–Crippen LogP) is 4.37. The third-order valence-electron chi connectivity index (χ3n) is 4.67. The molecular weight excluding hydrogens is 494 g/mol. The van der Waals surface area contributed by atoms with Crippen molar-refractivity contribution < 1.29 is 27.9 Å². The fourth-order valence-electron chi connectivity index (χ4n) is 3.00. The number of carbonyl (C=O) groups is 2. The highest BCUT2D eigenvalue weighted by Gasteiger charge is 2.15. The lowest BCUT2D eigenvalue weighted by Crippen LogP contribution is -2.27. The number of amides is 1. The molecule has 0 saturated carbocycles. The molecule has 1 N–H and O–H groups in total. The number of furan rings is 1. The second kappa shape index (κ2) is 9.74. The molecule has 8 nitrogen and oxygen atoms in total. The lowest BCUT2D eigenvalue weighted by molar-refractivity contribution is -0.136. The molecule has 2 aromatic heterocycles. The van der Waals surface area contributed by atoms with E-state index in [1.54, 1.807) is 30.3 Å². The Morgan fingerprint density at radius 3 is 2.64 bits per heavy atom. The molecule has 168 valence electrons. The summed E-state index contributed by atoms with van der Waals surface area (Å²) in [5, 5.41) is 3.10. The van der Waals surface area contributed by atoms with Crippen LogP contribution in [0.5, 0.6) is 11.5 Å². The van der Waals surface area contributed by atoms with Gasteiger partial charge in [-0.05, 0) is 61.0 Å². The van der Waals surface area contributed by atoms with E-state index in [2.05, 4.69) is 21.2 Å². The minimum absolute atomic E-state index is 0.139. The summed E-state index contributed by atoms with van der Waals surface area (Å²) in [6, 6.07) is 14.7. The van der Waals surface area contributed by atoms with E-state index < -0.39 is 17.5 Å². The first-order valence-corrected chi connectivity index (χ1v) is 10.7. The average Bonchev–Trinajstić information content (AvgIpc) is 3.31. The Morgan fingerprint density at radius 1 is 1.06 bits per heavy atom. The van der Waals surface area contributed by atoms with Crippen molar-refractivity contribution in [2.45, 2.75) is 13.5 Å². The van der Waals surface area contributed by atoms with Crippen LogP contribution in [0.25, 0.3) is 11.0 Å². The molecular formula is C24H18BrNO7. The Morgan fingerprint density at radius 2 is 1.88 bits per heavy atom. The lowest BCUT2D eigenvalue weighted by Gasteiger charge is -2.09. The number of carbonyl (C=O) groups excluding carboxylic acids is 2. The van der Waals surface area contributed by atoms with Gasteiger partial charge in [0, 0.05) is 15.9 Å². The summed E-state index contributed by atoms with van der Waals surface area (Å²) in [6.07, 6.45) is 1.49. The number of aryl methyl sites for hydroxylation is 1. The molecule has 2 aromatic carbocycles. The van der Waals surface area contributed by atoms with E-state index in [-0.39, 0.29) is 30.0 Å². The average molecular weight is 512 g/mol. The minimum atomic E-state index is -0.808. The summed E-state index contributed by atoms with van der Waals surface area (Å²) in [4.78, 5) is 36.8. The van der Waals surface area contributed by atoms with Crippen molar-refractivity contribution in [3.63, 3.8) is 0 Å². The van der Waals surface area contributed by atoms with Crippen molar-refractivity contribution in [2.24, 2.45) is 0 Å². The van der Waals surface area contributed by atoms with Crippen LogP contribution in [-0.4, -0.2) is 18.5 Å². The van der Waals surface area contributed by atoms with Crippen LogP contribution in [0.15, 0.2) is 79.0 Å². The number of fused-ring (bicyclic) bond motifs is 1. The van der Waals surface area contributed by atoms with Crippen LogP contribution in [0.4, 0.5) is 0 Å². The lowest BCUT2D eigenvalue weighted by atomic mass is 10.1. The van der Waals surface area contributed by atoms with Crippen LogP contribution in [-0.2, 0) is 11.3 Å². The number of hydrogen-bond donors (Lipinski definition) is 1. The molecule has 0 fully saturated rings. The quantitative estimate of drug-likeness (QED) is 0.223. The number of ether oxygens (including phenoxy) is 2. The highest BCUT2D eigenvalue weighted by Crippen LogP contribution is 2.23. The zero-order valence-electron chi connectivity index (χ0n) is 17.4. The Bertz CT molecular complexity index is 1380. The van der Waals surface area contributed by atoms with Crippen LogP contribution in [0, 0.1) is 6.92 Å². The molecule has 4 rings (SSSR count). The van der Waals surface area contributed by atoms with Gasteiger partial charge in [0.2, 0.25) is 0 Å². The number of halogens is 1. The minimum Gasteiger partial charge on any atom is -0.482 e. The van der Waals surface area contributed by atoms with Crippen molar-refractivity contribution >= 4 is 38.8 Å². The van der Waals surface area contributed by atoms with E-state index in [0.29, 0.717) is 16.9 Å². The molecule has 0 aliphatic carbocycles. The first-order chi connectivity index (χ1) is 15.9. The fourth-order valence-corrected chi connectivity index (χ4v) is 3.25. The molecule has 0 aliphatic rings. The van der Waals surface area contributed by atoms with Crippen molar-refractivity contribution in [3.8, 4) is 11.5 Å². The highest BCUT2D eigenvalue weighted by molar-refractivity contribution is 9.10. The van der Waals surface area contributed by atoms with Gasteiger partial charge in [-0.2, -0.15) is 0 Å². The SMILES string of the molecule is Cc1cc(OCC(=O)Oc2ccc3cc(C(=O)NCc4ccco4)c(=O)oc3c2)ccc1Br. The van der Waals surface area contributed by atoms with Crippen molar-refractivity contribution in [1.82, 2.24) is 5.32 Å². The van der Waals surface area contributed by atoms with Gasteiger partial charge in [-0.25, -0.2) is 9.59 Å². The normalized spacial score (nSPS) is 10.7. The van der Waals surface area contributed by atoms with Gasteiger partial charge >= 0.3 is 11.6 Å². The molecule has 2 heterocycles. The van der Waals surface area contributed by atoms with Gasteiger partial charge in [0.1, 0.15) is 28.4 Å². The van der Waals surface area contributed by atoms with Crippen molar-refractivity contribution in [2.75, 3.05) is 6.61 Å². The van der Waals surface area contributed by atoms with Gasteiger partial charge in [-0.1, -0.05) is 15.9 Å². The topological polar surface area (TPSA) is 108 Å². The van der Waals surface area contributed by atoms with E-state index >= 15 is 0 Å². The van der Waals surface area contributed by atoms with E-state index in [4.69, 9.17) is 18.3 Å². The molecule has 1 amide bonds. The Labute approximate surface area is 196 Å². The maximum absolute atomic E-state index is 12.3. The van der Waals surface area contributed by atoms with E-state index in [0.717, 1.165) is 10.0 Å². The molecule has 9 heteroatoms. The number of rotatable bonds is 7. The summed E-state index contributed by atoms with van der Waals surface area (Å²) < 4.78 is 22.1. The first-order valence-electron chi connectivity index (χ1n) is 9.87. The molecule has 0 unspecified atom stereocenters. The Kier molecular flexibility index (Phi) is 6.60. The molecule has 0 radical (unpaired) electrons. The van der Waals surface area contributed by atoms with Gasteiger partial charge in [-0.15, -0.1) is 0 Å². The van der Waals surface area contributed by atoms with E-state index in [9.17, 15) is 14.4 Å². The molecule has 0 bridgehead atoms. The summed E-state index contributed by atoms with van der Waals surface area (Å²) >= 11 is 3.40. The predicted molar refractivity (Wildman–Crippen MR) is 122 cm³/mol. The van der Waals surface area contributed by atoms with Crippen LogP contribution >= 0.6 is 15.9 Å². The molecule has 0 aliphatic heterocycles. The van der Waals surface area contributed by atoms with Crippen molar-refractivity contribution in [3.05, 3.63) is 92.6 Å². The zero-order chi connectivity index (χ0) is 23.4. The number of benzene rings is 2. The van der Waals surface area contributed by atoms with Gasteiger partial charge in [0.15, 0.2) is 6.61 Å². The third-order valence-corrected chi connectivity index (χ3v) is 5.56. The second-order valence-electron chi connectivity index (χ2n) is 7.08. The van der Waals surface area contributed by atoms with Gasteiger partial charge in [0.25, 0.3) is 5.91 Å². The fraction of sp³-hybridized carbons (Fsp3) is 0.125. The Balaban J connectivity index is 1.41. The maximum atomic E-state index is 12.3. The second-order valence-corrected chi connectivity index (χ2v) is 7.94. The summed E-state index contributed by atoms with van der Waals surface area (Å²) in [5.41, 5.74) is 0.200. The van der Waals surface area contributed by atoms with Crippen LogP contribution in [0.2, 0.25) is 0 Å².